The van der Waals surface area contributed by atoms with Crippen LogP contribution in [0.5, 0.6) is 5.75 Å². The standard InChI is InChI=1S/C12H19N3O2/c13-8-4-3-5-9(14)12(17)15-10-6-1-2-7-11(10)16/h1-2,6-7,9,16H,3-5,8,13-14H2,(H,15,17)/t9-/m0/s1. The molecule has 0 aliphatic rings. The smallest absolute Gasteiger partial charge is 0.241 e. The van der Waals surface area contributed by atoms with Crippen LogP contribution in [0.25, 0.3) is 0 Å². The van der Waals surface area contributed by atoms with Crippen molar-refractivity contribution < 1.29 is 9.90 Å². The van der Waals surface area contributed by atoms with Crippen LogP contribution in [0.1, 0.15) is 19.3 Å². The molecule has 1 amide bonds. The lowest BCUT2D eigenvalue weighted by atomic mass is 10.1. The summed E-state index contributed by atoms with van der Waals surface area (Å²) in [5.74, 6) is -0.251. The first-order valence-corrected chi connectivity index (χ1v) is 5.69. The number of para-hydroxylation sites is 2. The summed E-state index contributed by atoms with van der Waals surface area (Å²) < 4.78 is 0. The molecule has 0 unspecified atom stereocenters. The van der Waals surface area contributed by atoms with E-state index in [4.69, 9.17) is 11.5 Å². The number of phenols is 1. The Balaban J connectivity index is 2.46. The van der Waals surface area contributed by atoms with Crippen LogP contribution < -0.4 is 16.8 Å². The number of nitrogens with one attached hydrogen (secondary N) is 1. The Morgan fingerprint density at radius 1 is 1.35 bits per heavy atom. The van der Waals surface area contributed by atoms with Crippen molar-refractivity contribution in [1.82, 2.24) is 0 Å². The quantitative estimate of drug-likeness (QED) is 0.434. The minimum Gasteiger partial charge on any atom is -0.506 e. The average Bonchev–Trinajstić information content (AvgIpc) is 2.32. The van der Waals surface area contributed by atoms with Gasteiger partial charge in [0.05, 0.1) is 11.7 Å². The molecule has 5 heteroatoms. The molecule has 1 rings (SSSR count). The molecule has 6 N–H and O–H groups in total. The highest BCUT2D eigenvalue weighted by Crippen LogP contribution is 2.21. The number of nitrogens with two attached hydrogens (primary N) is 2. The lowest BCUT2D eigenvalue weighted by Crippen LogP contribution is -2.35. The molecule has 94 valence electrons. The second kappa shape index (κ2) is 6.88. The van der Waals surface area contributed by atoms with Crippen LogP contribution >= 0.6 is 0 Å². The maximum atomic E-state index is 11.7. The summed E-state index contributed by atoms with van der Waals surface area (Å²) in [6.45, 7) is 0.605. The Bertz CT molecular complexity index is 369. The van der Waals surface area contributed by atoms with Gasteiger partial charge in [-0.15, -0.1) is 0 Å². The minimum atomic E-state index is -0.568. The molecule has 0 aromatic heterocycles. The van der Waals surface area contributed by atoms with E-state index < -0.39 is 6.04 Å². The van der Waals surface area contributed by atoms with Gasteiger partial charge in [0.25, 0.3) is 0 Å². The first-order chi connectivity index (χ1) is 8.15. The van der Waals surface area contributed by atoms with E-state index in [-0.39, 0.29) is 11.7 Å². The van der Waals surface area contributed by atoms with Crippen molar-refractivity contribution in [3.8, 4) is 5.75 Å². The van der Waals surface area contributed by atoms with Crippen LogP contribution in [0.15, 0.2) is 24.3 Å². The van der Waals surface area contributed by atoms with Crippen LogP contribution in [0.3, 0.4) is 0 Å². The fourth-order valence-corrected chi connectivity index (χ4v) is 1.44. The van der Waals surface area contributed by atoms with Gasteiger partial charge in [-0.05, 0) is 31.5 Å². The van der Waals surface area contributed by atoms with Gasteiger partial charge in [0.15, 0.2) is 0 Å². The molecule has 5 nitrogen and oxygen atoms in total. The Labute approximate surface area is 101 Å². The predicted molar refractivity (Wildman–Crippen MR) is 67.6 cm³/mol. The highest BCUT2D eigenvalue weighted by molar-refractivity contribution is 5.95. The van der Waals surface area contributed by atoms with E-state index in [1.807, 2.05) is 0 Å². The molecule has 0 spiro atoms. The van der Waals surface area contributed by atoms with E-state index in [0.29, 0.717) is 18.7 Å². The topological polar surface area (TPSA) is 101 Å². The van der Waals surface area contributed by atoms with Crippen molar-refractivity contribution in [2.75, 3.05) is 11.9 Å². The first kappa shape index (κ1) is 13.5. The Morgan fingerprint density at radius 3 is 2.71 bits per heavy atom. The number of hydrogen-bond acceptors (Lipinski definition) is 4. The van der Waals surface area contributed by atoms with Crippen molar-refractivity contribution in [2.24, 2.45) is 11.5 Å². The van der Waals surface area contributed by atoms with E-state index in [9.17, 15) is 9.90 Å². The van der Waals surface area contributed by atoms with Gasteiger partial charge in [-0.1, -0.05) is 18.6 Å². The first-order valence-electron chi connectivity index (χ1n) is 5.69. The maximum Gasteiger partial charge on any atom is 0.241 e. The Kier molecular flexibility index (Phi) is 5.45. The van der Waals surface area contributed by atoms with Gasteiger partial charge in [-0.25, -0.2) is 0 Å². The zero-order valence-electron chi connectivity index (χ0n) is 9.73. The van der Waals surface area contributed by atoms with Crippen molar-refractivity contribution in [2.45, 2.75) is 25.3 Å². The largest absolute Gasteiger partial charge is 0.506 e. The molecule has 0 aliphatic heterocycles. The van der Waals surface area contributed by atoms with Gasteiger partial charge in [0, 0.05) is 0 Å². The van der Waals surface area contributed by atoms with Crippen molar-refractivity contribution in [3.05, 3.63) is 24.3 Å². The highest BCUT2D eigenvalue weighted by atomic mass is 16.3. The van der Waals surface area contributed by atoms with Gasteiger partial charge >= 0.3 is 0 Å². The van der Waals surface area contributed by atoms with E-state index >= 15 is 0 Å². The lowest BCUT2D eigenvalue weighted by molar-refractivity contribution is -0.117. The molecule has 1 aromatic rings. The van der Waals surface area contributed by atoms with Gasteiger partial charge in [-0.3, -0.25) is 4.79 Å². The number of rotatable bonds is 6. The summed E-state index contributed by atoms with van der Waals surface area (Å²) in [5, 5.41) is 12.1. The number of carbonyl (C=O) groups excluding carboxylic acids is 1. The Hall–Kier alpha value is -1.59. The normalized spacial score (nSPS) is 12.1. The summed E-state index contributed by atoms with van der Waals surface area (Å²) in [6, 6.07) is 5.98. The molecule has 0 aliphatic carbocycles. The summed E-state index contributed by atoms with van der Waals surface area (Å²) in [6.07, 6.45) is 2.28. The Morgan fingerprint density at radius 2 is 2.06 bits per heavy atom. The van der Waals surface area contributed by atoms with Crippen molar-refractivity contribution in [3.63, 3.8) is 0 Å². The summed E-state index contributed by atoms with van der Waals surface area (Å²) >= 11 is 0. The number of aromatic hydroxyl groups is 1. The predicted octanol–water partition coefficient (Wildman–Crippen LogP) is 0.787. The minimum absolute atomic E-state index is 0.0370. The average molecular weight is 237 g/mol. The van der Waals surface area contributed by atoms with Crippen molar-refractivity contribution >= 4 is 11.6 Å². The third-order valence-electron chi connectivity index (χ3n) is 2.47. The highest BCUT2D eigenvalue weighted by Gasteiger charge is 2.14. The number of anilines is 1. The van der Waals surface area contributed by atoms with Crippen LogP contribution in [0.4, 0.5) is 5.69 Å². The molecule has 1 aromatic carbocycles. The van der Waals surface area contributed by atoms with Crippen LogP contribution in [-0.2, 0) is 4.79 Å². The van der Waals surface area contributed by atoms with E-state index in [1.165, 1.54) is 6.07 Å². The van der Waals surface area contributed by atoms with Gasteiger partial charge < -0.3 is 21.9 Å². The monoisotopic (exact) mass is 237 g/mol. The summed E-state index contributed by atoms with van der Waals surface area (Å²) in [7, 11) is 0. The zero-order chi connectivity index (χ0) is 12.7. The molecule has 0 heterocycles. The molecule has 0 saturated carbocycles. The number of phenolic OH excluding ortho intramolecular Hbond substituents is 1. The number of amides is 1. The van der Waals surface area contributed by atoms with Crippen LogP contribution in [0, 0.1) is 0 Å². The summed E-state index contributed by atoms with van der Waals surface area (Å²) in [4.78, 5) is 11.7. The molecule has 0 bridgehead atoms. The molecule has 0 fully saturated rings. The molecule has 1 atom stereocenters. The van der Waals surface area contributed by atoms with Gasteiger partial charge in [0.2, 0.25) is 5.91 Å². The van der Waals surface area contributed by atoms with Crippen LogP contribution in [-0.4, -0.2) is 23.6 Å². The molecular weight excluding hydrogens is 218 g/mol. The fraction of sp³-hybridized carbons (Fsp3) is 0.417. The maximum absolute atomic E-state index is 11.7. The van der Waals surface area contributed by atoms with E-state index in [1.54, 1.807) is 18.2 Å². The summed E-state index contributed by atoms with van der Waals surface area (Å²) in [5.41, 5.74) is 11.5. The molecule has 17 heavy (non-hydrogen) atoms. The number of carbonyl (C=O) groups is 1. The SMILES string of the molecule is NCCCC[C@H](N)C(=O)Nc1ccccc1O. The second-order valence-electron chi connectivity index (χ2n) is 3.90. The third-order valence-corrected chi connectivity index (χ3v) is 2.47. The molecule has 0 saturated heterocycles. The molecule has 0 radical (unpaired) electrons. The van der Waals surface area contributed by atoms with Crippen LogP contribution in [0.2, 0.25) is 0 Å². The lowest BCUT2D eigenvalue weighted by Gasteiger charge is -2.12. The second-order valence-corrected chi connectivity index (χ2v) is 3.90. The molecular formula is C12H19N3O2. The number of hydrogen-bond donors (Lipinski definition) is 4. The zero-order valence-corrected chi connectivity index (χ0v) is 9.73. The third kappa shape index (κ3) is 4.42. The van der Waals surface area contributed by atoms with Gasteiger partial charge in [0.1, 0.15) is 5.75 Å². The number of unbranched alkanes of at least 4 members (excludes halogenated alkanes) is 1. The van der Waals surface area contributed by atoms with Crippen molar-refractivity contribution in [1.29, 1.82) is 0 Å². The van der Waals surface area contributed by atoms with E-state index in [0.717, 1.165) is 12.8 Å². The van der Waals surface area contributed by atoms with Gasteiger partial charge in [-0.2, -0.15) is 0 Å². The number of benzene rings is 1. The van der Waals surface area contributed by atoms with E-state index in [2.05, 4.69) is 5.32 Å². The fourth-order valence-electron chi connectivity index (χ4n) is 1.44.